The van der Waals surface area contributed by atoms with Crippen LogP contribution in [0.3, 0.4) is 0 Å². The summed E-state index contributed by atoms with van der Waals surface area (Å²) in [5, 5.41) is 12.8. The van der Waals surface area contributed by atoms with Gasteiger partial charge in [-0.1, -0.05) is 17.3 Å². The highest BCUT2D eigenvalue weighted by molar-refractivity contribution is 5.52. The molecule has 2 heterocycles. The van der Waals surface area contributed by atoms with Gasteiger partial charge in [0.15, 0.2) is 5.82 Å². The summed E-state index contributed by atoms with van der Waals surface area (Å²) in [6.07, 6.45) is 2.07. The molecule has 0 radical (unpaired) electrons. The zero-order valence-electron chi connectivity index (χ0n) is 11.2. The molecule has 0 saturated heterocycles. The van der Waals surface area contributed by atoms with E-state index >= 15 is 0 Å². The van der Waals surface area contributed by atoms with E-state index in [-0.39, 0.29) is 5.82 Å². The molecule has 3 aromatic rings. The first-order chi connectivity index (χ1) is 10.2. The van der Waals surface area contributed by atoms with Crippen molar-refractivity contribution in [1.29, 1.82) is 5.26 Å². The second kappa shape index (κ2) is 5.21. The second-order valence-electron chi connectivity index (χ2n) is 4.66. The summed E-state index contributed by atoms with van der Waals surface area (Å²) in [5.74, 6) is 0.512. The normalized spacial score (nSPS) is 10.5. The molecule has 0 amide bonds. The Bertz CT molecular complexity index is 828. The molecule has 0 fully saturated rings. The lowest BCUT2D eigenvalue weighted by Gasteiger charge is -1.96. The van der Waals surface area contributed by atoms with Gasteiger partial charge in [-0.2, -0.15) is 10.2 Å². The summed E-state index contributed by atoms with van der Waals surface area (Å²) in [4.78, 5) is 4.28. The first-order valence-electron chi connectivity index (χ1n) is 6.29. The SMILES string of the molecule is Cn1cc(C#N)cc1-c1nc(Cc2cccc(F)c2)no1. The maximum absolute atomic E-state index is 13.1. The van der Waals surface area contributed by atoms with Crippen molar-refractivity contribution in [3.05, 3.63) is 59.3 Å². The molecule has 3 rings (SSSR count). The van der Waals surface area contributed by atoms with Crippen LogP contribution in [0.2, 0.25) is 0 Å². The van der Waals surface area contributed by atoms with Crippen LogP contribution < -0.4 is 0 Å². The van der Waals surface area contributed by atoms with Crippen LogP contribution in [0.1, 0.15) is 17.0 Å². The van der Waals surface area contributed by atoms with Gasteiger partial charge in [-0.05, 0) is 23.8 Å². The molecule has 0 aliphatic heterocycles. The number of aryl methyl sites for hydroxylation is 1. The van der Waals surface area contributed by atoms with E-state index < -0.39 is 0 Å². The van der Waals surface area contributed by atoms with E-state index in [1.54, 1.807) is 36.0 Å². The molecule has 2 aromatic heterocycles. The molecule has 5 nitrogen and oxygen atoms in total. The number of hydrogen-bond acceptors (Lipinski definition) is 4. The summed E-state index contributed by atoms with van der Waals surface area (Å²) in [6, 6.07) is 10.0. The Morgan fingerprint density at radius 3 is 2.95 bits per heavy atom. The van der Waals surface area contributed by atoms with E-state index in [1.165, 1.54) is 12.1 Å². The Morgan fingerprint density at radius 2 is 2.24 bits per heavy atom. The highest BCUT2D eigenvalue weighted by Crippen LogP contribution is 2.20. The minimum atomic E-state index is -0.294. The van der Waals surface area contributed by atoms with Crippen LogP contribution >= 0.6 is 0 Å². The quantitative estimate of drug-likeness (QED) is 0.740. The van der Waals surface area contributed by atoms with Crippen molar-refractivity contribution >= 4 is 0 Å². The highest BCUT2D eigenvalue weighted by Gasteiger charge is 2.13. The molecule has 21 heavy (non-hydrogen) atoms. The van der Waals surface area contributed by atoms with Crippen molar-refractivity contribution in [1.82, 2.24) is 14.7 Å². The fourth-order valence-electron chi connectivity index (χ4n) is 2.10. The summed E-state index contributed by atoms with van der Waals surface area (Å²) in [5.41, 5.74) is 1.97. The minimum Gasteiger partial charge on any atom is -0.345 e. The Kier molecular flexibility index (Phi) is 3.24. The second-order valence-corrected chi connectivity index (χ2v) is 4.66. The number of nitrogens with zero attached hydrogens (tertiary/aromatic N) is 4. The highest BCUT2D eigenvalue weighted by atomic mass is 19.1. The third-order valence-electron chi connectivity index (χ3n) is 3.07. The Labute approximate surface area is 120 Å². The number of hydrogen-bond donors (Lipinski definition) is 0. The standard InChI is InChI=1S/C15H11FN4O/c1-20-9-11(8-17)6-13(20)15-18-14(19-21-15)7-10-3-2-4-12(16)5-10/h2-6,9H,7H2,1H3. The van der Waals surface area contributed by atoms with Gasteiger partial charge in [0, 0.05) is 19.7 Å². The zero-order chi connectivity index (χ0) is 14.8. The lowest BCUT2D eigenvalue weighted by Crippen LogP contribution is -1.92. The number of nitriles is 1. The molecule has 0 saturated carbocycles. The smallest absolute Gasteiger partial charge is 0.274 e. The van der Waals surface area contributed by atoms with Crippen molar-refractivity contribution in [3.63, 3.8) is 0 Å². The van der Waals surface area contributed by atoms with Gasteiger partial charge in [0.05, 0.1) is 5.56 Å². The van der Waals surface area contributed by atoms with Gasteiger partial charge in [-0.15, -0.1) is 0 Å². The molecule has 0 unspecified atom stereocenters. The largest absolute Gasteiger partial charge is 0.345 e. The van der Waals surface area contributed by atoms with Crippen LogP contribution in [-0.4, -0.2) is 14.7 Å². The number of halogens is 1. The fourth-order valence-corrected chi connectivity index (χ4v) is 2.10. The Hall–Kier alpha value is -2.94. The van der Waals surface area contributed by atoms with E-state index in [1.807, 2.05) is 0 Å². The van der Waals surface area contributed by atoms with Gasteiger partial charge in [0.2, 0.25) is 0 Å². The minimum absolute atomic E-state index is 0.294. The van der Waals surface area contributed by atoms with Gasteiger partial charge in [0.1, 0.15) is 17.6 Å². The maximum atomic E-state index is 13.1. The Balaban J connectivity index is 1.86. The van der Waals surface area contributed by atoms with Crippen LogP contribution in [0, 0.1) is 17.1 Å². The molecule has 0 N–H and O–H groups in total. The lowest BCUT2D eigenvalue weighted by molar-refractivity contribution is 0.421. The third kappa shape index (κ3) is 2.67. The van der Waals surface area contributed by atoms with Gasteiger partial charge < -0.3 is 9.09 Å². The van der Waals surface area contributed by atoms with Crippen molar-refractivity contribution in [2.24, 2.45) is 7.05 Å². The van der Waals surface area contributed by atoms with E-state index in [4.69, 9.17) is 9.78 Å². The monoisotopic (exact) mass is 282 g/mol. The van der Waals surface area contributed by atoms with Crippen molar-refractivity contribution in [2.75, 3.05) is 0 Å². The van der Waals surface area contributed by atoms with E-state index in [9.17, 15) is 4.39 Å². The van der Waals surface area contributed by atoms with Crippen LogP contribution in [0.15, 0.2) is 41.1 Å². The maximum Gasteiger partial charge on any atom is 0.274 e. The van der Waals surface area contributed by atoms with Crippen molar-refractivity contribution in [3.8, 4) is 17.7 Å². The van der Waals surface area contributed by atoms with Gasteiger partial charge in [-0.3, -0.25) is 0 Å². The summed E-state index contributed by atoms with van der Waals surface area (Å²) < 4.78 is 20.1. The van der Waals surface area contributed by atoms with Crippen LogP contribution in [0.5, 0.6) is 0 Å². The molecule has 0 aliphatic carbocycles. The molecular formula is C15H11FN4O. The van der Waals surface area contributed by atoms with E-state index in [0.29, 0.717) is 29.4 Å². The van der Waals surface area contributed by atoms with Crippen LogP contribution in [-0.2, 0) is 13.5 Å². The molecular weight excluding hydrogens is 271 g/mol. The zero-order valence-corrected chi connectivity index (χ0v) is 11.2. The molecule has 0 spiro atoms. The summed E-state index contributed by atoms with van der Waals surface area (Å²) in [6.45, 7) is 0. The molecule has 1 aromatic carbocycles. The average Bonchev–Trinajstić information content (AvgIpc) is 3.05. The van der Waals surface area contributed by atoms with E-state index in [2.05, 4.69) is 16.2 Å². The predicted octanol–water partition coefficient (Wildman–Crippen LogP) is 2.68. The molecule has 104 valence electrons. The van der Waals surface area contributed by atoms with Crippen molar-refractivity contribution in [2.45, 2.75) is 6.42 Å². The number of rotatable bonds is 3. The fraction of sp³-hybridized carbons (Fsp3) is 0.133. The Morgan fingerprint density at radius 1 is 1.38 bits per heavy atom. The third-order valence-corrected chi connectivity index (χ3v) is 3.07. The summed E-state index contributed by atoms with van der Waals surface area (Å²) in [7, 11) is 1.80. The molecule has 6 heteroatoms. The number of aromatic nitrogens is 3. The first kappa shape index (κ1) is 13.1. The summed E-state index contributed by atoms with van der Waals surface area (Å²) >= 11 is 0. The topological polar surface area (TPSA) is 67.6 Å². The number of benzene rings is 1. The molecule has 0 aliphatic rings. The molecule has 0 bridgehead atoms. The van der Waals surface area contributed by atoms with Gasteiger partial charge in [0.25, 0.3) is 5.89 Å². The van der Waals surface area contributed by atoms with Gasteiger partial charge >= 0.3 is 0 Å². The lowest BCUT2D eigenvalue weighted by atomic mass is 10.1. The average molecular weight is 282 g/mol. The van der Waals surface area contributed by atoms with Crippen LogP contribution in [0.4, 0.5) is 4.39 Å². The van der Waals surface area contributed by atoms with E-state index in [0.717, 1.165) is 5.56 Å². The van der Waals surface area contributed by atoms with Crippen molar-refractivity contribution < 1.29 is 8.91 Å². The first-order valence-corrected chi connectivity index (χ1v) is 6.29. The van der Waals surface area contributed by atoms with Gasteiger partial charge in [-0.25, -0.2) is 4.39 Å². The molecule has 0 atom stereocenters. The predicted molar refractivity (Wildman–Crippen MR) is 72.6 cm³/mol. The van der Waals surface area contributed by atoms with Crippen LogP contribution in [0.25, 0.3) is 11.6 Å².